The predicted molar refractivity (Wildman–Crippen MR) is 112 cm³/mol. The lowest BCUT2D eigenvalue weighted by atomic mass is 10.0. The molecule has 1 amide bonds. The first-order valence-electron chi connectivity index (χ1n) is 10.5. The van der Waals surface area contributed by atoms with Crippen molar-refractivity contribution in [2.24, 2.45) is 13.0 Å². The fraction of sp³-hybridized carbons (Fsp3) is 0.545. The molecule has 2 aromatic rings. The molecule has 0 bridgehead atoms. The van der Waals surface area contributed by atoms with Crippen LogP contribution in [0.3, 0.4) is 0 Å². The summed E-state index contributed by atoms with van der Waals surface area (Å²) >= 11 is 0. The highest BCUT2D eigenvalue weighted by molar-refractivity contribution is 5.99. The number of rotatable bonds is 6. The van der Waals surface area contributed by atoms with Crippen LogP contribution in [0.4, 0.5) is 11.4 Å². The summed E-state index contributed by atoms with van der Waals surface area (Å²) in [5, 5.41) is 7.62. The van der Waals surface area contributed by atoms with Gasteiger partial charge < -0.3 is 19.7 Å². The number of hydrogen-bond donors (Lipinski definition) is 1. The molecule has 2 fully saturated rings. The van der Waals surface area contributed by atoms with Crippen molar-refractivity contribution in [3.05, 3.63) is 36.2 Å². The average Bonchev–Trinajstić information content (AvgIpc) is 3.16. The zero-order valence-electron chi connectivity index (χ0n) is 17.3. The van der Waals surface area contributed by atoms with Crippen LogP contribution in [0.1, 0.15) is 31.2 Å². The van der Waals surface area contributed by atoms with Gasteiger partial charge >= 0.3 is 0 Å². The lowest BCUT2D eigenvalue weighted by Gasteiger charge is -2.32. The van der Waals surface area contributed by atoms with Crippen LogP contribution in [-0.4, -0.2) is 48.1 Å². The molecule has 4 rings (SSSR count). The number of hydrogen-bond acceptors (Lipinski definition) is 5. The highest BCUT2D eigenvalue weighted by atomic mass is 16.5. The molecule has 2 aliphatic heterocycles. The Morgan fingerprint density at radius 2 is 2.10 bits per heavy atom. The first kappa shape index (κ1) is 19.8. The molecule has 1 N–H and O–H groups in total. The Hall–Kier alpha value is -2.54. The van der Waals surface area contributed by atoms with Crippen molar-refractivity contribution in [2.75, 3.05) is 36.6 Å². The van der Waals surface area contributed by atoms with Crippen LogP contribution in [0.2, 0.25) is 0 Å². The van der Waals surface area contributed by atoms with E-state index in [1.165, 1.54) is 0 Å². The topological polar surface area (TPSA) is 68.6 Å². The molecule has 1 atom stereocenters. The van der Waals surface area contributed by atoms with E-state index in [1.54, 1.807) is 10.9 Å². The number of ether oxygens (including phenoxy) is 2. The maximum Gasteiger partial charge on any atom is 0.249 e. The molecule has 156 valence electrons. The summed E-state index contributed by atoms with van der Waals surface area (Å²) in [6, 6.07) is 5.85. The maximum absolute atomic E-state index is 13.0. The summed E-state index contributed by atoms with van der Waals surface area (Å²) in [7, 11) is 1.86. The lowest BCUT2D eigenvalue weighted by Crippen LogP contribution is -2.47. The van der Waals surface area contributed by atoms with E-state index in [4.69, 9.17) is 9.47 Å². The summed E-state index contributed by atoms with van der Waals surface area (Å²) in [6.07, 6.45) is 7.51. The number of carbonyl (C=O) groups is 1. The molecule has 0 saturated carbocycles. The van der Waals surface area contributed by atoms with Crippen molar-refractivity contribution < 1.29 is 14.3 Å². The van der Waals surface area contributed by atoms with Crippen LogP contribution in [0.15, 0.2) is 30.6 Å². The van der Waals surface area contributed by atoms with E-state index in [2.05, 4.69) is 17.3 Å². The lowest BCUT2D eigenvalue weighted by molar-refractivity contribution is -0.120. The Bertz CT molecular complexity index is 844. The van der Waals surface area contributed by atoms with Crippen LogP contribution in [0, 0.1) is 12.8 Å². The molecule has 29 heavy (non-hydrogen) atoms. The van der Waals surface area contributed by atoms with Crippen molar-refractivity contribution in [3.8, 4) is 5.75 Å². The van der Waals surface area contributed by atoms with Crippen molar-refractivity contribution >= 4 is 17.3 Å². The van der Waals surface area contributed by atoms with Crippen molar-refractivity contribution in [1.29, 1.82) is 0 Å². The number of benzene rings is 1. The van der Waals surface area contributed by atoms with Gasteiger partial charge in [-0.15, -0.1) is 0 Å². The SMILES string of the molecule is Cc1ccc(NC2CCCN(c3cnn(C)c3)C2=O)cc1OCC1CCOCC1. The van der Waals surface area contributed by atoms with Gasteiger partial charge in [0, 0.05) is 44.8 Å². The molecule has 0 radical (unpaired) electrons. The van der Waals surface area contributed by atoms with E-state index in [9.17, 15) is 4.79 Å². The second kappa shape index (κ2) is 8.86. The smallest absolute Gasteiger partial charge is 0.249 e. The number of nitrogens with zero attached hydrogens (tertiary/aromatic N) is 3. The van der Waals surface area contributed by atoms with Gasteiger partial charge in [0.15, 0.2) is 0 Å². The van der Waals surface area contributed by atoms with Gasteiger partial charge in [-0.3, -0.25) is 9.48 Å². The molecular weight excluding hydrogens is 368 g/mol. The molecule has 1 unspecified atom stereocenters. The third-order valence-electron chi connectivity index (χ3n) is 5.79. The highest BCUT2D eigenvalue weighted by Crippen LogP contribution is 2.27. The van der Waals surface area contributed by atoms with Gasteiger partial charge in [0.1, 0.15) is 11.8 Å². The highest BCUT2D eigenvalue weighted by Gasteiger charge is 2.30. The average molecular weight is 399 g/mol. The standard InChI is InChI=1S/C22H30N4O3/c1-16-5-6-18(12-21(16)29-15-17-7-10-28-11-8-17)24-20-4-3-9-26(22(20)27)19-13-23-25(2)14-19/h5-6,12-14,17,20,24H,3-4,7-11,15H2,1-2H3. The van der Waals surface area contributed by atoms with Crippen molar-refractivity contribution in [1.82, 2.24) is 9.78 Å². The number of piperidine rings is 1. The molecule has 0 spiro atoms. The largest absolute Gasteiger partial charge is 0.493 e. The van der Waals surface area contributed by atoms with E-state index in [-0.39, 0.29) is 11.9 Å². The second-order valence-corrected chi connectivity index (χ2v) is 8.05. The minimum Gasteiger partial charge on any atom is -0.493 e. The monoisotopic (exact) mass is 398 g/mol. The Balaban J connectivity index is 1.41. The molecule has 1 aromatic carbocycles. The zero-order valence-corrected chi connectivity index (χ0v) is 17.3. The van der Waals surface area contributed by atoms with Gasteiger partial charge in [0.2, 0.25) is 5.91 Å². The van der Waals surface area contributed by atoms with Gasteiger partial charge in [-0.05, 0) is 50.2 Å². The third kappa shape index (κ3) is 4.72. The number of carbonyl (C=O) groups excluding carboxylic acids is 1. The fourth-order valence-electron chi connectivity index (χ4n) is 3.98. The molecule has 3 heterocycles. The van der Waals surface area contributed by atoms with E-state index < -0.39 is 0 Å². The normalized spacial score (nSPS) is 20.7. The van der Waals surface area contributed by atoms with Crippen molar-refractivity contribution in [3.63, 3.8) is 0 Å². The number of nitrogens with one attached hydrogen (secondary N) is 1. The van der Waals surface area contributed by atoms with Gasteiger partial charge in [-0.25, -0.2) is 0 Å². The van der Waals surface area contributed by atoms with Gasteiger partial charge in [-0.2, -0.15) is 5.10 Å². The Morgan fingerprint density at radius 3 is 2.86 bits per heavy atom. The Morgan fingerprint density at radius 1 is 1.28 bits per heavy atom. The molecular formula is C22H30N4O3. The van der Waals surface area contributed by atoms with Crippen LogP contribution in [-0.2, 0) is 16.6 Å². The summed E-state index contributed by atoms with van der Waals surface area (Å²) < 4.78 is 13.3. The maximum atomic E-state index is 13.0. The van der Waals surface area contributed by atoms with Crippen LogP contribution in [0.25, 0.3) is 0 Å². The predicted octanol–water partition coefficient (Wildman–Crippen LogP) is 3.14. The second-order valence-electron chi connectivity index (χ2n) is 8.05. The van der Waals surface area contributed by atoms with Gasteiger partial charge in [0.25, 0.3) is 0 Å². The summed E-state index contributed by atoms with van der Waals surface area (Å²) in [5.41, 5.74) is 2.88. The number of anilines is 2. The number of aryl methyl sites for hydroxylation is 2. The minimum atomic E-state index is -0.241. The quantitative estimate of drug-likeness (QED) is 0.810. The van der Waals surface area contributed by atoms with Crippen LogP contribution < -0.4 is 15.0 Å². The van der Waals surface area contributed by atoms with Crippen molar-refractivity contribution in [2.45, 2.75) is 38.6 Å². The molecule has 1 aromatic heterocycles. The third-order valence-corrected chi connectivity index (χ3v) is 5.79. The summed E-state index contributed by atoms with van der Waals surface area (Å²) in [5.74, 6) is 1.52. The zero-order chi connectivity index (χ0) is 20.2. The summed E-state index contributed by atoms with van der Waals surface area (Å²) in [4.78, 5) is 14.8. The molecule has 7 heteroatoms. The minimum absolute atomic E-state index is 0.0921. The number of aromatic nitrogens is 2. The van der Waals surface area contributed by atoms with E-state index >= 15 is 0 Å². The molecule has 2 aliphatic rings. The van der Waals surface area contributed by atoms with Gasteiger partial charge in [-0.1, -0.05) is 6.07 Å². The number of amides is 1. The Labute approximate surface area is 172 Å². The van der Waals surface area contributed by atoms with Crippen LogP contribution in [0.5, 0.6) is 5.75 Å². The van der Waals surface area contributed by atoms with E-state index in [1.807, 2.05) is 36.3 Å². The van der Waals surface area contributed by atoms with E-state index in [0.29, 0.717) is 12.5 Å². The van der Waals surface area contributed by atoms with E-state index in [0.717, 1.165) is 68.1 Å². The molecule has 2 saturated heterocycles. The molecule has 7 nitrogen and oxygen atoms in total. The van der Waals surface area contributed by atoms with Gasteiger partial charge in [0.05, 0.1) is 18.5 Å². The Kier molecular flexibility index (Phi) is 6.04. The first-order chi connectivity index (χ1) is 14.1. The molecule has 0 aliphatic carbocycles. The fourth-order valence-corrected chi connectivity index (χ4v) is 3.98. The van der Waals surface area contributed by atoms with Crippen LogP contribution >= 0.6 is 0 Å². The summed E-state index contributed by atoms with van der Waals surface area (Å²) in [6.45, 7) is 5.15. The first-order valence-corrected chi connectivity index (χ1v) is 10.5.